The standard InChI is InChI=1S/C22H19F4N3O4/c1-2-29(12-18-27-16-6-4-3-5-15(16)20(31)28-18)19(30)10-8-13-7-9-14(32-21(23)24)11-17(13)33-22(25)26/h3-11,21-22H,2,12H2,1H3,(H,27,28,31)/b10-8+. The molecule has 3 rings (SSSR count). The van der Waals surface area contributed by atoms with E-state index < -0.39 is 24.9 Å². The van der Waals surface area contributed by atoms with Gasteiger partial charge in [-0.3, -0.25) is 9.59 Å². The Morgan fingerprint density at radius 1 is 1.12 bits per heavy atom. The van der Waals surface area contributed by atoms with Crippen molar-refractivity contribution < 1.29 is 31.8 Å². The monoisotopic (exact) mass is 465 g/mol. The highest BCUT2D eigenvalue weighted by Gasteiger charge is 2.15. The van der Waals surface area contributed by atoms with E-state index >= 15 is 0 Å². The highest BCUT2D eigenvalue weighted by Crippen LogP contribution is 2.28. The number of H-pyrrole nitrogens is 1. The zero-order valence-electron chi connectivity index (χ0n) is 17.3. The molecular formula is C22H19F4N3O4. The summed E-state index contributed by atoms with van der Waals surface area (Å²) in [5, 5.41) is 0.418. The van der Waals surface area contributed by atoms with Gasteiger partial charge in [-0.25, -0.2) is 4.98 Å². The van der Waals surface area contributed by atoms with E-state index in [9.17, 15) is 27.2 Å². The van der Waals surface area contributed by atoms with Gasteiger partial charge in [0.15, 0.2) is 0 Å². The lowest BCUT2D eigenvalue weighted by Gasteiger charge is -2.18. The number of alkyl halides is 4. The van der Waals surface area contributed by atoms with Gasteiger partial charge in [0.1, 0.15) is 17.3 Å². The SMILES string of the molecule is CCN(Cc1nc2ccccc2c(=O)[nH]1)C(=O)/C=C/c1ccc(OC(F)F)cc1OC(F)F. The van der Waals surface area contributed by atoms with Crippen molar-refractivity contribution in [1.82, 2.24) is 14.9 Å². The van der Waals surface area contributed by atoms with Crippen LogP contribution in [0.4, 0.5) is 17.6 Å². The summed E-state index contributed by atoms with van der Waals surface area (Å²) in [5.74, 6) is -1.02. The van der Waals surface area contributed by atoms with Gasteiger partial charge in [0.25, 0.3) is 5.56 Å². The second-order valence-corrected chi connectivity index (χ2v) is 6.67. The van der Waals surface area contributed by atoms with Crippen LogP contribution < -0.4 is 15.0 Å². The van der Waals surface area contributed by atoms with Crippen molar-refractivity contribution >= 4 is 22.9 Å². The fourth-order valence-corrected chi connectivity index (χ4v) is 3.03. The largest absolute Gasteiger partial charge is 0.435 e. The molecule has 1 N–H and O–H groups in total. The fourth-order valence-electron chi connectivity index (χ4n) is 3.03. The number of rotatable bonds is 9. The predicted octanol–water partition coefficient (Wildman–Crippen LogP) is 4.19. The summed E-state index contributed by atoms with van der Waals surface area (Å²) in [6.45, 7) is -4.37. The topological polar surface area (TPSA) is 84.5 Å². The van der Waals surface area contributed by atoms with Gasteiger partial charge in [-0.2, -0.15) is 17.6 Å². The van der Waals surface area contributed by atoms with Crippen molar-refractivity contribution in [2.45, 2.75) is 26.7 Å². The van der Waals surface area contributed by atoms with E-state index in [2.05, 4.69) is 19.4 Å². The van der Waals surface area contributed by atoms with Crippen LogP contribution in [-0.2, 0) is 11.3 Å². The lowest BCUT2D eigenvalue weighted by Crippen LogP contribution is -2.30. The molecule has 7 nitrogen and oxygen atoms in total. The summed E-state index contributed by atoms with van der Waals surface area (Å²) < 4.78 is 58.7. The third kappa shape index (κ3) is 6.31. The number of aromatic amines is 1. The predicted molar refractivity (Wildman–Crippen MR) is 112 cm³/mol. The van der Waals surface area contributed by atoms with Gasteiger partial charge in [0.05, 0.1) is 17.4 Å². The summed E-state index contributed by atoms with van der Waals surface area (Å²) in [4.78, 5) is 33.2. The number of para-hydroxylation sites is 1. The van der Waals surface area contributed by atoms with Gasteiger partial charge in [-0.1, -0.05) is 12.1 Å². The molecule has 1 amide bonds. The Morgan fingerprint density at radius 3 is 2.55 bits per heavy atom. The minimum Gasteiger partial charge on any atom is -0.435 e. The smallest absolute Gasteiger partial charge is 0.387 e. The molecule has 33 heavy (non-hydrogen) atoms. The molecule has 0 aliphatic carbocycles. The molecule has 0 fully saturated rings. The van der Waals surface area contributed by atoms with Gasteiger partial charge in [-0.05, 0) is 37.3 Å². The maximum Gasteiger partial charge on any atom is 0.387 e. The highest BCUT2D eigenvalue weighted by atomic mass is 19.3. The molecule has 1 heterocycles. The van der Waals surface area contributed by atoms with E-state index in [1.165, 1.54) is 17.0 Å². The average molecular weight is 465 g/mol. The first-order valence-electron chi connectivity index (χ1n) is 9.75. The van der Waals surface area contributed by atoms with Gasteiger partial charge < -0.3 is 19.4 Å². The lowest BCUT2D eigenvalue weighted by atomic mass is 10.1. The number of ether oxygens (including phenoxy) is 2. The molecular weight excluding hydrogens is 446 g/mol. The Hall–Kier alpha value is -3.89. The average Bonchev–Trinajstić information content (AvgIpc) is 2.76. The van der Waals surface area contributed by atoms with Crippen LogP contribution in [0.5, 0.6) is 11.5 Å². The van der Waals surface area contributed by atoms with Gasteiger partial charge in [-0.15, -0.1) is 0 Å². The normalized spacial score (nSPS) is 11.5. The molecule has 0 spiro atoms. The minimum atomic E-state index is -3.21. The van der Waals surface area contributed by atoms with Crippen LogP contribution >= 0.6 is 0 Å². The van der Waals surface area contributed by atoms with Crippen molar-refractivity contribution in [3.05, 3.63) is 70.3 Å². The molecule has 174 valence electrons. The number of likely N-dealkylation sites (N-methyl/N-ethyl adjacent to an activating group) is 1. The van der Waals surface area contributed by atoms with Crippen molar-refractivity contribution in [2.24, 2.45) is 0 Å². The molecule has 0 aliphatic heterocycles. The number of hydrogen-bond acceptors (Lipinski definition) is 5. The van der Waals surface area contributed by atoms with E-state index in [0.29, 0.717) is 10.9 Å². The molecule has 0 unspecified atom stereocenters. The van der Waals surface area contributed by atoms with Gasteiger partial charge in [0.2, 0.25) is 5.91 Å². The summed E-state index contributed by atoms with van der Waals surface area (Å²) in [5.41, 5.74) is 0.197. The van der Waals surface area contributed by atoms with Crippen LogP contribution in [0.3, 0.4) is 0 Å². The Morgan fingerprint density at radius 2 is 1.85 bits per heavy atom. The molecule has 0 bridgehead atoms. The summed E-state index contributed by atoms with van der Waals surface area (Å²) in [6, 6.07) is 9.98. The van der Waals surface area contributed by atoms with Crippen molar-refractivity contribution in [2.75, 3.05) is 6.54 Å². The number of benzene rings is 2. The van der Waals surface area contributed by atoms with Crippen molar-refractivity contribution in [3.8, 4) is 11.5 Å². The maximum absolute atomic E-state index is 12.7. The number of carbonyl (C=O) groups is 1. The molecule has 3 aromatic rings. The van der Waals surface area contributed by atoms with Crippen LogP contribution in [0, 0.1) is 0 Å². The number of nitrogens with one attached hydrogen (secondary N) is 1. The molecule has 0 saturated carbocycles. The Labute approximate surface area is 185 Å². The maximum atomic E-state index is 12.7. The first kappa shape index (κ1) is 23.8. The Balaban J connectivity index is 1.80. The number of aromatic nitrogens is 2. The second kappa shape index (κ2) is 10.6. The van der Waals surface area contributed by atoms with Gasteiger partial charge >= 0.3 is 13.2 Å². The quantitative estimate of drug-likeness (QED) is 0.379. The molecule has 0 aliphatic rings. The van der Waals surface area contributed by atoms with Gasteiger partial charge in [0, 0.05) is 24.3 Å². The zero-order chi connectivity index (χ0) is 24.0. The van der Waals surface area contributed by atoms with E-state index in [0.717, 1.165) is 18.2 Å². The zero-order valence-corrected chi connectivity index (χ0v) is 17.3. The third-order valence-electron chi connectivity index (χ3n) is 4.53. The van der Waals surface area contributed by atoms with E-state index in [-0.39, 0.29) is 35.8 Å². The van der Waals surface area contributed by atoms with E-state index in [1.807, 2.05) is 0 Å². The fraction of sp³-hybridized carbons (Fsp3) is 0.227. The first-order valence-corrected chi connectivity index (χ1v) is 9.75. The summed E-state index contributed by atoms with van der Waals surface area (Å²) >= 11 is 0. The number of amides is 1. The molecule has 1 aromatic heterocycles. The number of nitrogens with zero attached hydrogens (tertiary/aromatic N) is 2. The van der Waals surface area contributed by atoms with Crippen LogP contribution in [0.15, 0.2) is 53.3 Å². The Bertz CT molecular complexity index is 1210. The summed E-state index contributed by atoms with van der Waals surface area (Å²) in [7, 11) is 0. The number of hydrogen-bond donors (Lipinski definition) is 1. The Kier molecular flexibility index (Phi) is 7.65. The third-order valence-corrected chi connectivity index (χ3v) is 4.53. The molecule has 2 aromatic carbocycles. The van der Waals surface area contributed by atoms with E-state index in [1.54, 1.807) is 31.2 Å². The minimum absolute atomic E-state index is 0.00129. The van der Waals surface area contributed by atoms with Crippen molar-refractivity contribution in [1.29, 1.82) is 0 Å². The van der Waals surface area contributed by atoms with Crippen LogP contribution in [0.2, 0.25) is 0 Å². The molecule has 11 heteroatoms. The second-order valence-electron chi connectivity index (χ2n) is 6.67. The highest BCUT2D eigenvalue weighted by molar-refractivity contribution is 5.92. The molecule has 0 saturated heterocycles. The number of fused-ring (bicyclic) bond motifs is 1. The molecule has 0 radical (unpaired) electrons. The first-order chi connectivity index (χ1) is 15.8. The number of carbonyl (C=O) groups excluding carboxylic acids is 1. The van der Waals surface area contributed by atoms with Crippen LogP contribution in [-0.4, -0.2) is 40.5 Å². The molecule has 0 atom stereocenters. The number of halogens is 4. The van der Waals surface area contributed by atoms with E-state index in [4.69, 9.17) is 0 Å². The van der Waals surface area contributed by atoms with Crippen molar-refractivity contribution in [3.63, 3.8) is 0 Å². The lowest BCUT2D eigenvalue weighted by molar-refractivity contribution is -0.126. The van der Waals surface area contributed by atoms with Crippen LogP contribution in [0.1, 0.15) is 18.3 Å². The summed E-state index contributed by atoms with van der Waals surface area (Å²) in [6.07, 6.45) is 2.33. The van der Waals surface area contributed by atoms with Crippen LogP contribution in [0.25, 0.3) is 17.0 Å².